The summed E-state index contributed by atoms with van der Waals surface area (Å²) in [6.07, 6.45) is 2.03. The average molecular weight is 519 g/mol. The number of likely N-dealkylation sites (tertiary alicyclic amines) is 1. The lowest BCUT2D eigenvalue weighted by molar-refractivity contribution is -0.143. The lowest BCUT2D eigenvalue weighted by Gasteiger charge is -2.49. The van der Waals surface area contributed by atoms with Crippen molar-refractivity contribution in [1.82, 2.24) is 15.2 Å². The van der Waals surface area contributed by atoms with E-state index in [-0.39, 0.29) is 17.2 Å². The van der Waals surface area contributed by atoms with Crippen LogP contribution in [-0.4, -0.2) is 51.7 Å². The summed E-state index contributed by atoms with van der Waals surface area (Å²) in [6.45, 7) is 17.4. The Balaban J connectivity index is 1.74. The fourth-order valence-corrected chi connectivity index (χ4v) is 7.67. The average Bonchev–Trinajstić information content (AvgIpc) is 3.40. The van der Waals surface area contributed by atoms with Crippen LogP contribution < -0.4 is 10.6 Å². The van der Waals surface area contributed by atoms with Gasteiger partial charge in [0.2, 0.25) is 5.91 Å². The van der Waals surface area contributed by atoms with Crippen LogP contribution in [0.15, 0.2) is 48.7 Å². The van der Waals surface area contributed by atoms with Crippen molar-refractivity contribution in [1.29, 1.82) is 0 Å². The Hall–Kier alpha value is -2.93. The van der Waals surface area contributed by atoms with E-state index in [0.717, 1.165) is 17.7 Å². The maximum atomic E-state index is 15.1. The number of anilines is 1. The molecule has 1 spiro atoms. The van der Waals surface area contributed by atoms with E-state index in [0.29, 0.717) is 18.7 Å². The van der Waals surface area contributed by atoms with Gasteiger partial charge in [0, 0.05) is 24.0 Å². The van der Waals surface area contributed by atoms with Crippen LogP contribution in [0.2, 0.25) is 0 Å². The second-order valence-corrected chi connectivity index (χ2v) is 14.2. The van der Waals surface area contributed by atoms with Crippen LogP contribution in [-0.2, 0) is 14.9 Å². The zero-order chi connectivity index (χ0) is 27.7. The van der Waals surface area contributed by atoms with Gasteiger partial charge in [-0.3, -0.25) is 14.6 Å². The van der Waals surface area contributed by atoms with Crippen LogP contribution in [0.1, 0.15) is 84.3 Å². The number of rotatable bonds is 4. The first kappa shape index (κ1) is 26.7. The molecule has 1 aromatic heterocycles. The Morgan fingerprint density at radius 3 is 2.37 bits per heavy atom. The number of amides is 2. The third kappa shape index (κ3) is 3.84. The Morgan fingerprint density at radius 2 is 1.74 bits per heavy atom. The summed E-state index contributed by atoms with van der Waals surface area (Å²) >= 11 is 0. The summed E-state index contributed by atoms with van der Waals surface area (Å²) in [5.41, 5.74) is -0.620. The molecule has 4 heterocycles. The molecule has 0 aliphatic carbocycles. The summed E-state index contributed by atoms with van der Waals surface area (Å²) in [5, 5.41) is 7.02. The van der Waals surface area contributed by atoms with Crippen LogP contribution in [0.25, 0.3) is 0 Å². The van der Waals surface area contributed by atoms with Crippen LogP contribution in [0.3, 0.4) is 0 Å². The molecule has 2 fully saturated rings. The number of carbonyl (C=O) groups is 2. The molecule has 1 aromatic carbocycles. The minimum atomic E-state index is -1.28. The van der Waals surface area contributed by atoms with Gasteiger partial charge < -0.3 is 20.3 Å². The Morgan fingerprint density at radius 1 is 1.05 bits per heavy atom. The Labute approximate surface area is 226 Å². The molecule has 5 rings (SSSR count). The molecule has 3 aliphatic rings. The van der Waals surface area contributed by atoms with Crippen molar-refractivity contribution in [3.63, 3.8) is 0 Å². The van der Waals surface area contributed by atoms with E-state index in [9.17, 15) is 4.79 Å². The van der Waals surface area contributed by atoms with Gasteiger partial charge in [0.15, 0.2) is 5.54 Å². The molecule has 2 amide bonds. The number of nitrogens with zero attached hydrogens (tertiary/aromatic N) is 2. The Kier molecular flexibility index (Phi) is 5.99. The number of para-hydroxylation sites is 1. The largest absolute Gasteiger partial charge is 0.359 e. The SMILES string of the molecule is CC(C)(C)CC(C)(C)NC(=O)[C@]12[C@@H](C(C)(C)C)O[C@@H]3Nc4ccccc4[C@@]31CCN2C(=O)c1ccccn1. The first-order valence-corrected chi connectivity index (χ1v) is 13.7. The van der Waals surface area contributed by atoms with Crippen molar-refractivity contribution in [3.8, 4) is 0 Å². The monoisotopic (exact) mass is 518 g/mol. The number of fused-ring (bicyclic) bond motifs is 1. The van der Waals surface area contributed by atoms with Crippen molar-refractivity contribution < 1.29 is 14.3 Å². The predicted octanol–water partition coefficient (Wildman–Crippen LogP) is 5.13. The number of hydrogen-bond donors (Lipinski definition) is 2. The van der Waals surface area contributed by atoms with Crippen molar-refractivity contribution in [2.24, 2.45) is 10.8 Å². The van der Waals surface area contributed by atoms with E-state index in [1.54, 1.807) is 23.2 Å². The highest BCUT2D eigenvalue weighted by molar-refractivity contribution is 6.02. The second-order valence-electron chi connectivity index (χ2n) is 14.2. The van der Waals surface area contributed by atoms with E-state index in [1.807, 2.05) is 24.3 Å². The molecule has 7 heteroatoms. The molecule has 204 valence electrons. The second kappa shape index (κ2) is 8.54. The van der Waals surface area contributed by atoms with Crippen LogP contribution >= 0.6 is 0 Å². The molecule has 38 heavy (non-hydrogen) atoms. The van der Waals surface area contributed by atoms with Crippen molar-refractivity contribution in [2.45, 2.75) is 97.1 Å². The molecule has 4 atom stereocenters. The first-order chi connectivity index (χ1) is 17.6. The third-order valence-electron chi connectivity index (χ3n) is 8.32. The third-order valence-corrected chi connectivity index (χ3v) is 8.32. The number of benzene rings is 1. The molecular formula is C31H42N4O3. The number of aromatic nitrogens is 1. The predicted molar refractivity (Wildman–Crippen MR) is 149 cm³/mol. The lowest BCUT2D eigenvalue weighted by atomic mass is 9.60. The summed E-state index contributed by atoms with van der Waals surface area (Å²) in [5.74, 6) is -0.399. The van der Waals surface area contributed by atoms with Gasteiger partial charge >= 0.3 is 0 Å². The van der Waals surface area contributed by atoms with Gasteiger partial charge in [-0.1, -0.05) is 65.8 Å². The van der Waals surface area contributed by atoms with Gasteiger partial charge in [-0.15, -0.1) is 0 Å². The van der Waals surface area contributed by atoms with E-state index < -0.39 is 34.2 Å². The van der Waals surface area contributed by atoms with Gasteiger partial charge in [-0.25, -0.2) is 0 Å². The minimum absolute atomic E-state index is 0.00489. The molecule has 2 aromatic rings. The number of nitrogens with one attached hydrogen (secondary N) is 2. The summed E-state index contributed by atoms with van der Waals surface area (Å²) in [6, 6.07) is 13.5. The minimum Gasteiger partial charge on any atom is -0.359 e. The highest BCUT2D eigenvalue weighted by atomic mass is 16.5. The van der Waals surface area contributed by atoms with Gasteiger partial charge in [0.05, 0.1) is 11.5 Å². The summed E-state index contributed by atoms with van der Waals surface area (Å²) in [7, 11) is 0. The Bertz CT molecular complexity index is 1250. The van der Waals surface area contributed by atoms with Gasteiger partial charge in [0.1, 0.15) is 11.9 Å². The van der Waals surface area contributed by atoms with Crippen molar-refractivity contribution >= 4 is 17.5 Å². The quantitative estimate of drug-likeness (QED) is 0.586. The van der Waals surface area contributed by atoms with Gasteiger partial charge in [-0.2, -0.15) is 0 Å². The zero-order valence-electron chi connectivity index (χ0n) is 24.0. The van der Waals surface area contributed by atoms with Crippen molar-refractivity contribution in [3.05, 3.63) is 59.9 Å². The molecule has 3 aliphatic heterocycles. The van der Waals surface area contributed by atoms with E-state index >= 15 is 4.79 Å². The zero-order valence-corrected chi connectivity index (χ0v) is 24.0. The maximum Gasteiger partial charge on any atom is 0.273 e. The molecule has 0 saturated carbocycles. The number of pyridine rings is 1. The number of ether oxygens (including phenoxy) is 1. The lowest BCUT2D eigenvalue weighted by Crippen LogP contribution is -2.73. The van der Waals surface area contributed by atoms with Crippen LogP contribution in [0.4, 0.5) is 5.69 Å². The topological polar surface area (TPSA) is 83.6 Å². The molecule has 0 unspecified atom stereocenters. The van der Waals surface area contributed by atoms with E-state index in [2.05, 4.69) is 77.1 Å². The maximum absolute atomic E-state index is 15.1. The fourth-order valence-electron chi connectivity index (χ4n) is 7.67. The molecule has 2 N–H and O–H groups in total. The highest BCUT2D eigenvalue weighted by Crippen LogP contribution is 2.65. The normalized spacial score (nSPS) is 28.4. The van der Waals surface area contributed by atoms with Gasteiger partial charge in [0.25, 0.3) is 5.91 Å². The number of carbonyl (C=O) groups excluding carboxylic acids is 2. The van der Waals surface area contributed by atoms with Crippen molar-refractivity contribution in [2.75, 3.05) is 11.9 Å². The fraction of sp³-hybridized carbons (Fsp3) is 0.581. The van der Waals surface area contributed by atoms with E-state index in [4.69, 9.17) is 4.74 Å². The molecule has 0 radical (unpaired) electrons. The molecular weight excluding hydrogens is 476 g/mol. The first-order valence-electron chi connectivity index (χ1n) is 13.7. The highest BCUT2D eigenvalue weighted by Gasteiger charge is 2.80. The summed E-state index contributed by atoms with van der Waals surface area (Å²) in [4.78, 5) is 35.5. The molecule has 0 bridgehead atoms. The van der Waals surface area contributed by atoms with E-state index in [1.165, 1.54) is 0 Å². The van der Waals surface area contributed by atoms with Crippen LogP contribution in [0.5, 0.6) is 0 Å². The van der Waals surface area contributed by atoms with Crippen LogP contribution in [0, 0.1) is 10.8 Å². The van der Waals surface area contributed by atoms with Gasteiger partial charge in [-0.05, 0) is 61.3 Å². The standard InChI is InChI=1S/C31H42N4O3/c1-27(2,3)19-29(7,8)34-25(37)31-24(28(4,5)6)38-26-30(31,20-13-9-10-14-21(20)33-26)16-18-35(31)23(36)22-15-11-12-17-32-22/h9-15,17,24,26,33H,16,18-19H2,1-8H3,(H,34,37)/t24-,26+,30+,31-/m1/s1. The smallest absolute Gasteiger partial charge is 0.273 e. The molecule has 7 nitrogen and oxygen atoms in total. The number of hydrogen-bond acceptors (Lipinski definition) is 5. The summed E-state index contributed by atoms with van der Waals surface area (Å²) < 4.78 is 6.86. The molecule has 2 saturated heterocycles.